The molecule has 2 N–H and O–H groups in total. The quantitative estimate of drug-likeness (QED) is 0.245. The molecule has 1 heterocycles. The first-order valence-corrected chi connectivity index (χ1v) is 11.6. The third-order valence-electron chi connectivity index (χ3n) is 5.77. The average Bonchev–Trinajstić information content (AvgIpc) is 2.77. The van der Waals surface area contributed by atoms with E-state index < -0.39 is 5.60 Å². The van der Waals surface area contributed by atoms with Crippen molar-refractivity contribution in [3.05, 3.63) is 88.0 Å². The highest BCUT2D eigenvalue weighted by Gasteiger charge is 2.32. The fourth-order valence-corrected chi connectivity index (χ4v) is 3.83. The molecule has 0 saturated carbocycles. The minimum atomic E-state index is -0.674. The molecule has 2 aromatic rings. The molecule has 0 fully saturated rings. The lowest BCUT2D eigenvalue weighted by Crippen LogP contribution is -2.28. The summed E-state index contributed by atoms with van der Waals surface area (Å²) in [6.07, 6.45) is 13.1. The number of rotatable bonds is 8. The highest BCUT2D eigenvalue weighted by atomic mass is 16.5. The summed E-state index contributed by atoms with van der Waals surface area (Å²) in [7, 11) is 0. The molecule has 3 rings (SSSR count). The summed E-state index contributed by atoms with van der Waals surface area (Å²) < 4.78 is 6.06. The van der Waals surface area contributed by atoms with E-state index in [1.54, 1.807) is 12.2 Å². The van der Waals surface area contributed by atoms with Crippen LogP contribution in [0.2, 0.25) is 0 Å². The fraction of sp³-hybridized carbons (Fsp3) is 0.300. The van der Waals surface area contributed by atoms with Gasteiger partial charge in [0.15, 0.2) is 5.78 Å². The Morgan fingerprint density at radius 2 is 1.74 bits per heavy atom. The van der Waals surface area contributed by atoms with Crippen molar-refractivity contribution in [2.45, 2.75) is 59.5 Å². The Kier molecular flexibility index (Phi) is 7.83. The molecule has 2 aromatic carbocycles. The summed E-state index contributed by atoms with van der Waals surface area (Å²) >= 11 is 0. The second-order valence-electron chi connectivity index (χ2n) is 9.52. The number of ketones is 1. The summed E-state index contributed by atoms with van der Waals surface area (Å²) in [5.74, 6) is -0.470. The van der Waals surface area contributed by atoms with Gasteiger partial charge in [0.1, 0.15) is 28.4 Å². The van der Waals surface area contributed by atoms with Gasteiger partial charge >= 0.3 is 0 Å². The molecule has 1 aliphatic rings. The van der Waals surface area contributed by atoms with Crippen LogP contribution in [0.5, 0.6) is 17.2 Å². The maximum atomic E-state index is 13.3. The first-order valence-electron chi connectivity index (χ1n) is 11.6. The number of carbonyl (C=O) groups excluding carboxylic acids is 1. The summed E-state index contributed by atoms with van der Waals surface area (Å²) in [5.41, 5.74) is 3.44. The number of carbonyl (C=O) groups is 1. The maximum Gasteiger partial charge on any atom is 0.193 e. The zero-order valence-corrected chi connectivity index (χ0v) is 20.7. The monoisotopic (exact) mass is 458 g/mol. The Hall–Kier alpha value is -3.53. The van der Waals surface area contributed by atoms with Crippen molar-refractivity contribution < 1.29 is 19.7 Å². The molecule has 0 aromatic heterocycles. The molecule has 0 radical (unpaired) electrons. The Morgan fingerprint density at radius 1 is 1.03 bits per heavy atom. The number of benzene rings is 2. The summed E-state index contributed by atoms with van der Waals surface area (Å²) in [6, 6.07) is 9.49. The zero-order valence-electron chi connectivity index (χ0n) is 20.7. The lowest BCUT2D eigenvalue weighted by Gasteiger charge is -2.30. The minimum Gasteiger partial charge on any atom is -0.507 e. The summed E-state index contributed by atoms with van der Waals surface area (Å²) in [6.45, 7) is 9.90. The zero-order chi connectivity index (χ0) is 24.9. The van der Waals surface area contributed by atoms with E-state index in [1.165, 1.54) is 11.6 Å². The number of allylic oxidation sites excluding steroid dienone is 5. The standard InChI is InChI=1S/C30H34O4/c1-20(2)10-9-11-21(3)14-16-23-27(32)24-18-19-30(4,5)34-29(24)26(28(23)33)25(31)17-15-22-12-7-6-8-13-22/h6-8,10,12-15,17-19,32-33H,9,11,16H2,1-5H3. The maximum absolute atomic E-state index is 13.3. The van der Waals surface area contributed by atoms with Crippen molar-refractivity contribution in [1.82, 2.24) is 0 Å². The number of hydrogen-bond acceptors (Lipinski definition) is 4. The van der Waals surface area contributed by atoms with E-state index >= 15 is 0 Å². The first-order chi connectivity index (χ1) is 16.1. The van der Waals surface area contributed by atoms with Crippen LogP contribution in [0.15, 0.2) is 65.8 Å². The molecular formula is C30H34O4. The normalized spacial score (nSPS) is 14.6. The van der Waals surface area contributed by atoms with E-state index in [4.69, 9.17) is 4.74 Å². The molecule has 1 aliphatic heterocycles. The van der Waals surface area contributed by atoms with Gasteiger partial charge in [-0.25, -0.2) is 0 Å². The number of phenols is 2. The van der Waals surface area contributed by atoms with Crippen molar-refractivity contribution >= 4 is 17.9 Å². The largest absolute Gasteiger partial charge is 0.507 e. The number of phenolic OH excluding ortho intramolecular Hbond substituents is 2. The van der Waals surface area contributed by atoms with Crippen molar-refractivity contribution in [3.63, 3.8) is 0 Å². The summed E-state index contributed by atoms with van der Waals surface area (Å²) in [4.78, 5) is 13.3. The number of fused-ring (bicyclic) bond motifs is 1. The second-order valence-corrected chi connectivity index (χ2v) is 9.52. The smallest absolute Gasteiger partial charge is 0.193 e. The van der Waals surface area contributed by atoms with E-state index in [2.05, 4.69) is 19.9 Å². The molecular weight excluding hydrogens is 424 g/mol. The van der Waals surface area contributed by atoms with Gasteiger partial charge in [-0.15, -0.1) is 0 Å². The van der Waals surface area contributed by atoms with E-state index in [-0.39, 0.29) is 28.6 Å². The predicted molar refractivity (Wildman–Crippen MR) is 139 cm³/mol. The molecule has 0 spiro atoms. The molecule has 178 valence electrons. The van der Waals surface area contributed by atoms with Crippen LogP contribution in [-0.2, 0) is 6.42 Å². The van der Waals surface area contributed by atoms with E-state index in [0.29, 0.717) is 17.5 Å². The van der Waals surface area contributed by atoms with Crippen molar-refractivity contribution in [1.29, 1.82) is 0 Å². The molecule has 0 unspecified atom stereocenters. The predicted octanol–water partition coefficient (Wildman–Crippen LogP) is 7.41. The van der Waals surface area contributed by atoms with Gasteiger partial charge in [0.05, 0.1) is 5.56 Å². The molecule has 4 heteroatoms. The molecule has 0 amide bonds. The Labute approximate surface area is 202 Å². The average molecular weight is 459 g/mol. The highest BCUT2D eigenvalue weighted by Crippen LogP contribution is 2.47. The van der Waals surface area contributed by atoms with E-state index in [9.17, 15) is 15.0 Å². The van der Waals surface area contributed by atoms with E-state index in [0.717, 1.165) is 24.0 Å². The topological polar surface area (TPSA) is 66.8 Å². The van der Waals surface area contributed by atoms with Gasteiger partial charge in [0, 0.05) is 5.56 Å². The molecule has 4 nitrogen and oxygen atoms in total. The fourth-order valence-electron chi connectivity index (χ4n) is 3.83. The van der Waals surface area contributed by atoms with Gasteiger partial charge in [-0.1, -0.05) is 59.7 Å². The molecule has 0 bridgehead atoms. The van der Waals surface area contributed by atoms with Gasteiger partial charge < -0.3 is 14.9 Å². The number of hydrogen-bond donors (Lipinski definition) is 2. The van der Waals surface area contributed by atoms with Crippen LogP contribution in [0.1, 0.15) is 74.5 Å². The molecule has 0 saturated heterocycles. The van der Waals surface area contributed by atoms with Crippen LogP contribution in [0.4, 0.5) is 0 Å². The van der Waals surface area contributed by atoms with Gasteiger partial charge in [-0.3, -0.25) is 4.79 Å². The molecule has 0 atom stereocenters. The van der Waals surface area contributed by atoms with Crippen molar-refractivity contribution in [2.75, 3.05) is 0 Å². The third-order valence-corrected chi connectivity index (χ3v) is 5.77. The van der Waals surface area contributed by atoms with Crippen molar-refractivity contribution in [2.24, 2.45) is 0 Å². The number of aromatic hydroxyl groups is 2. The van der Waals surface area contributed by atoms with E-state index in [1.807, 2.05) is 63.3 Å². The van der Waals surface area contributed by atoms with Gasteiger partial charge in [-0.05, 0) is 77.7 Å². The van der Waals surface area contributed by atoms with Gasteiger partial charge in [-0.2, -0.15) is 0 Å². The van der Waals surface area contributed by atoms with Gasteiger partial charge in [0.2, 0.25) is 0 Å². The second kappa shape index (κ2) is 10.6. The SMILES string of the molecule is CC(C)=CCCC(C)=CCc1c(O)c2c(c(C(=O)C=Cc3ccccc3)c1O)OC(C)(C)C=C2. The third kappa shape index (κ3) is 6.07. The van der Waals surface area contributed by atoms with Crippen molar-refractivity contribution in [3.8, 4) is 17.2 Å². The Bertz CT molecular complexity index is 1170. The van der Waals surface area contributed by atoms with Crippen LogP contribution in [-0.4, -0.2) is 21.6 Å². The number of ether oxygens (including phenoxy) is 1. The lowest BCUT2D eigenvalue weighted by atomic mass is 9.91. The molecule has 0 aliphatic carbocycles. The van der Waals surface area contributed by atoms with Crippen LogP contribution in [0.3, 0.4) is 0 Å². The van der Waals surface area contributed by atoms with Crippen LogP contribution in [0.25, 0.3) is 12.2 Å². The highest BCUT2D eigenvalue weighted by molar-refractivity contribution is 6.12. The van der Waals surface area contributed by atoms with Crippen LogP contribution >= 0.6 is 0 Å². The van der Waals surface area contributed by atoms with Crippen LogP contribution < -0.4 is 4.74 Å². The van der Waals surface area contributed by atoms with Gasteiger partial charge in [0.25, 0.3) is 0 Å². The summed E-state index contributed by atoms with van der Waals surface area (Å²) in [5, 5.41) is 22.2. The van der Waals surface area contributed by atoms with Crippen LogP contribution in [0, 0.1) is 0 Å². The lowest BCUT2D eigenvalue weighted by molar-refractivity contribution is 0.103. The Balaban J connectivity index is 2.02. The molecule has 34 heavy (non-hydrogen) atoms. The Morgan fingerprint density at radius 3 is 2.41 bits per heavy atom. The minimum absolute atomic E-state index is 0.0591. The first kappa shape index (κ1) is 25.1.